The minimum absolute atomic E-state index is 0.187. The number of aromatic carboxylic acids is 1. The number of carboxylic acids is 1. The van der Waals surface area contributed by atoms with E-state index in [9.17, 15) is 4.79 Å². The highest BCUT2D eigenvalue weighted by molar-refractivity contribution is 6.33. The number of aryl methyl sites for hydroxylation is 2. The van der Waals surface area contributed by atoms with Crippen LogP contribution >= 0.6 is 11.6 Å². The van der Waals surface area contributed by atoms with Crippen molar-refractivity contribution in [3.63, 3.8) is 0 Å². The van der Waals surface area contributed by atoms with E-state index in [4.69, 9.17) is 16.7 Å². The molecule has 1 aromatic heterocycles. The van der Waals surface area contributed by atoms with Crippen LogP contribution in [0.2, 0.25) is 5.02 Å². The lowest BCUT2D eigenvalue weighted by Gasteiger charge is -2.07. The van der Waals surface area contributed by atoms with Crippen molar-refractivity contribution >= 4 is 17.6 Å². The Hall–Kier alpha value is -1.81. The van der Waals surface area contributed by atoms with Gasteiger partial charge in [0, 0.05) is 28.4 Å². The van der Waals surface area contributed by atoms with Crippen LogP contribution in [0.1, 0.15) is 28.7 Å². The third-order valence-electron chi connectivity index (χ3n) is 3.17. The van der Waals surface area contributed by atoms with Gasteiger partial charge in [0.25, 0.3) is 0 Å². The fourth-order valence-electron chi connectivity index (χ4n) is 2.25. The molecule has 1 heterocycles. The van der Waals surface area contributed by atoms with E-state index in [1.54, 1.807) is 12.1 Å². The zero-order valence-electron chi connectivity index (χ0n) is 11.1. The summed E-state index contributed by atoms with van der Waals surface area (Å²) in [7, 11) is 0. The lowest BCUT2D eigenvalue weighted by Crippen LogP contribution is -1.99. The van der Waals surface area contributed by atoms with E-state index >= 15 is 0 Å². The molecule has 0 amide bonds. The average Bonchev–Trinajstić information content (AvgIpc) is 2.64. The van der Waals surface area contributed by atoms with Crippen molar-refractivity contribution in [3.8, 4) is 11.1 Å². The molecule has 0 aliphatic heterocycles. The first kappa shape index (κ1) is 13.6. The smallest absolute Gasteiger partial charge is 0.335 e. The van der Waals surface area contributed by atoms with Gasteiger partial charge in [-0.05, 0) is 32.9 Å². The molecule has 4 nitrogen and oxygen atoms in total. The molecule has 0 saturated carbocycles. The van der Waals surface area contributed by atoms with E-state index in [1.807, 2.05) is 25.5 Å². The number of aromatic nitrogens is 2. The first-order chi connectivity index (χ1) is 8.95. The minimum atomic E-state index is -0.980. The molecule has 100 valence electrons. The van der Waals surface area contributed by atoms with Crippen LogP contribution in [0.25, 0.3) is 11.1 Å². The van der Waals surface area contributed by atoms with Crippen molar-refractivity contribution in [2.24, 2.45) is 0 Å². The molecule has 0 bridgehead atoms. The highest BCUT2D eigenvalue weighted by atomic mass is 35.5. The highest BCUT2D eigenvalue weighted by Gasteiger charge is 2.16. The van der Waals surface area contributed by atoms with Crippen LogP contribution in [0.15, 0.2) is 18.2 Å². The number of benzene rings is 1. The van der Waals surface area contributed by atoms with E-state index in [-0.39, 0.29) is 5.56 Å². The van der Waals surface area contributed by atoms with Gasteiger partial charge in [0.15, 0.2) is 0 Å². The molecule has 2 rings (SSSR count). The Kier molecular flexibility index (Phi) is 3.62. The lowest BCUT2D eigenvalue weighted by molar-refractivity contribution is 0.0697. The molecule has 0 fully saturated rings. The van der Waals surface area contributed by atoms with Crippen LogP contribution in [-0.2, 0) is 6.54 Å². The number of rotatable bonds is 3. The third kappa shape index (κ3) is 2.36. The van der Waals surface area contributed by atoms with Gasteiger partial charge < -0.3 is 5.11 Å². The SMILES string of the molecule is CCn1nc(C)c(-c2ccc(C(=O)O)cc2Cl)c1C. The zero-order chi connectivity index (χ0) is 14.2. The van der Waals surface area contributed by atoms with E-state index in [1.165, 1.54) is 6.07 Å². The minimum Gasteiger partial charge on any atom is -0.478 e. The predicted molar refractivity (Wildman–Crippen MR) is 74.8 cm³/mol. The Labute approximate surface area is 116 Å². The summed E-state index contributed by atoms with van der Waals surface area (Å²) in [5.74, 6) is -0.980. The summed E-state index contributed by atoms with van der Waals surface area (Å²) in [4.78, 5) is 10.9. The van der Waals surface area contributed by atoms with E-state index in [0.29, 0.717) is 5.02 Å². The van der Waals surface area contributed by atoms with Gasteiger partial charge in [0.1, 0.15) is 0 Å². The second-order valence-electron chi connectivity index (χ2n) is 4.36. The van der Waals surface area contributed by atoms with Crippen molar-refractivity contribution in [2.75, 3.05) is 0 Å². The first-order valence-corrected chi connectivity index (χ1v) is 6.40. The molecule has 0 aliphatic rings. The largest absolute Gasteiger partial charge is 0.478 e. The number of hydrogen-bond acceptors (Lipinski definition) is 2. The Morgan fingerprint density at radius 3 is 2.58 bits per heavy atom. The van der Waals surface area contributed by atoms with Crippen LogP contribution in [-0.4, -0.2) is 20.9 Å². The van der Waals surface area contributed by atoms with Crippen LogP contribution < -0.4 is 0 Å². The number of nitrogens with zero attached hydrogens (tertiary/aromatic N) is 2. The van der Waals surface area contributed by atoms with Crippen LogP contribution in [0.4, 0.5) is 0 Å². The first-order valence-electron chi connectivity index (χ1n) is 6.03. The second kappa shape index (κ2) is 5.05. The van der Waals surface area contributed by atoms with E-state index < -0.39 is 5.97 Å². The average molecular weight is 279 g/mol. The molecule has 0 spiro atoms. The Bertz CT molecular complexity index is 647. The molecule has 0 saturated heterocycles. The number of halogens is 1. The normalized spacial score (nSPS) is 10.7. The molecular formula is C14H15ClN2O2. The van der Waals surface area contributed by atoms with Gasteiger partial charge in [-0.2, -0.15) is 5.10 Å². The lowest BCUT2D eigenvalue weighted by atomic mass is 10.0. The summed E-state index contributed by atoms with van der Waals surface area (Å²) in [6.45, 7) is 6.73. The van der Waals surface area contributed by atoms with Gasteiger partial charge in [-0.15, -0.1) is 0 Å². The monoisotopic (exact) mass is 278 g/mol. The quantitative estimate of drug-likeness (QED) is 0.934. The summed E-state index contributed by atoms with van der Waals surface area (Å²) in [6.07, 6.45) is 0. The molecule has 2 aromatic rings. The highest BCUT2D eigenvalue weighted by Crippen LogP contribution is 2.33. The molecule has 1 aromatic carbocycles. The summed E-state index contributed by atoms with van der Waals surface area (Å²) in [5.41, 5.74) is 3.91. The van der Waals surface area contributed by atoms with Gasteiger partial charge in [-0.3, -0.25) is 4.68 Å². The van der Waals surface area contributed by atoms with Gasteiger partial charge in [-0.25, -0.2) is 4.79 Å². The molecule has 0 atom stereocenters. The van der Waals surface area contributed by atoms with E-state index in [0.717, 1.165) is 29.1 Å². The molecule has 19 heavy (non-hydrogen) atoms. The maximum atomic E-state index is 10.9. The topological polar surface area (TPSA) is 55.1 Å². The van der Waals surface area contributed by atoms with Crippen LogP contribution in [0.3, 0.4) is 0 Å². The van der Waals surface area contributed by atoms with Crippen molar-refractivity contribution in [3.05, 3.63) is 40.2 Å². The number of carbonyl (C=O) groups is 1. The molecular weight excluding hydrogens is 264 g/mol. The molecule has 0 aliphatic carbocycles. The van der Waals surface area contributed by atoms with Crippen LogP contribution in [0, 0.1) is 13.8 Å². The van der Waals surface area contributed by atoms with Crippen molar-refractivity contribution < 1.29 is 9.90 Å². The zero-order valence-corrected chi connectivity index (χ0v) is 11.8. The van der Waals surface area contributed by atoms with Crippen molar-refractivity contribution in [1.29, 1.82) is 0 Å². The molecule has 0 unspecified atom stereocenters. The molecule has 0 radical (unpaired) electrons. The van der Waals surface area contributed by atoms with Crippen molar-refractivity contribution in [2.45, 2.75) is 27.3 Å². The van der Waals surface area contributed by atoms with Gasteiger partial charge >= 0.3 is 5.97 Å². The third-order valence-corrected chi connectivity index (χ3v) is 3.48. The fraction of sp³-hybridized carbons (Fsp3) is 0.286. The fourth-order valence-corrected chi connectivity index (χ4v) is 2.52. The van der Waals surface area contributed by atoms with Crippen molar-refractivity contribution in [1.82, 2.24) is 9.78 Å². The van der Waals surface area contributed by atoms with Crippen LogP contribution in [0.5, 0.6) is 0 Å². The maximum absolute atomic E-state index is 10.9. The molecule has 1 N–H and O–H groups in total. The summed E-state index contributed by atoms with van der Waals surface area (Å²) in [5, 5.41) is 13.8. The van der Waals surface area contributed by atoms with Gasteiger partial charge in [0.2, 0.25) is 0 Å². The number of hydrogen-bond donors (Lipinski definition) is 1. The Balaban J connectivity index is 2.60. The summed E-state index contributed by atoms with van der Waals surface area (Å²) in [6, 6.07) is 4.77. The summed E-state index contributed by atoms with van der Waals surface area (Å²) >= 11 is 6.20. The second-order valence-corrected chi connectivity index (χ2v) is 4.77. The summed E-state index contributed by atoms with van der Waals surface area (Å²) < 4.78 is 1.91. The standard InChI is InChI=1S/C14H15ClN2O2/c1-4-17-9(3)13(8(2)16-17)11-6-5-10(14(18)19)7-12(11)15/h5-7H,4H2,1-3H3,(H,18,19). The van der Waals surface area contributed by atoms with Gasteiger partial charge in [-0.1, -0.05) is 17.7 Å². The maximum Gasteiger partial charge on any atom is 0.335 e. The van der Waals surface area contributed by atoms with E-state index in [2.05, 4.69) is 5.10 Å². The molecule has 5 heteroatoms. The van der Waals surface area contributed by atoms with Gasteiger partial charge in [0.05, 0.1) is 11.3 Å². The Morgan fingerprint density at radius 1 is 1.42 bits per heavy atom. The number of carboxylic acid groups (broad SMARTS) is 1. The Morgan fingerprint density at radius 2 is 2.11 bits per heavy atom. The predicted octanol–water partition coefficient (Wildman–Crippen LogP) is 3.54.